The van der Waals surface area contributed by atoms with Gasteiger partial charge in [-0.3, -0.25) is 0 Å². The van der Waals surface area contributed by atoms with Gasteiger partial charge in [0.15, 0.2) is 0 Å². The maximum absolute atomic E-state index is 2.57. The Morgan fingerprint density at radius 1 is 0.429 bits per heavy atom. The number of rotatable bonds is 2. The molecule has 0 unspecified atom stereocenters. The molecule has 0 saturated carbocycles. The summed E-state index contributed by atoms with van der Waals surface area (Å²) in [7, 11) is 0. The predicted octanol–water partition coefficient (Wildman–Crippen LogP) is 12.8. The fourth-order valence-electron chi connectivity index (χ4n) is 8.50. The maximum Gasteiger partial charge on any atom is 0.0692 e. The highest BCUT2D eigenvalue weighted by Gasteiger charge is 2.36. The van der Waals surface area contributed by atoms with Crippen molar-refractivity contribution in [2.45, 2.75) is 38.8 Å². The quantitative estimate of drug-likeness (QED) is 0.182. The number of nitrogens with zero attached hydrogens (tertiary/aromatic N) is 2. The van der Waals surface area contributed by atoms with Crippen LogP contribution in [0.25, 0.3) is 66.1 Å². The smallest absolute Gasteiger partial charge is 0.0692 e. The normalized spacial score (nSPS) is 14.3. The standard InChI is InChI=1S/C45H30N2S2/c1-45(2)35-16-8-6-14-29(35)32-25-34-31-21-23-42-44(49-41-19-11-10-18-40(41)48-42)43(31)47(39(34)26-36(32)45)28-20-22-38-33(24-28)30-15-7-9-17-37(30)46(38)27-12-4-3-5-13-27/h3-26H,1-2H3. The van der Waals surface area contributed by atoms with Crippen molar-refractivity contribution in [1.82, 2.24) is 9.13 Å². The van der Waals surface area contributed by atoms with Crippen molar-refractivity contribution in [3.05, 3.63) is 157 Å². The van der Waals surface area contributed by atoms with Crippen LogP contribution in [0, 0.1) is 0 Å². The zero-order valence-corrected chi connectivity index (χ0v) is 28.7. The van der Waals surface area contributed by atoms with E-state index in [1.54, 1.807) is 0 Å². The van der Waals surface area contributed by atoms with Crippen molar-refractivity contribution in [2.75, 3.05) is 0 Å². The van der Waals surface area contributed by atoms with Gasteiger partial charge in [0.25, 0.3) is 0 Å². The lowest BCUT2D eigenvalue weighted by atomic mass is 9.82. The van der Waals surface area contributed by atoms with Crippen molar-refractivity contribution in [2.24, 2.45) is 0 Å². The Balaban J connectivity index is 1.25. The molecular formula is C45H30N2S2. The van der Waals surface area contributed by atoms with Crippen molar-refractivity contribution in [3.63, 3.8) is 0 Å². The van der Waals surface area contributed by atoms with E-state index in [-0.39, 0.29) is 5.41 Å². The Bertz CT molecular complexity index is 2860. The minimum atomic E-state index is -0.0859. The molecule has 2 nitrogen and oxygen atoms in total. The fraction of sp³-hybridized carbons (Fsp3) is 0.0667. The summed E-state index contributed by atoms with van der Waals surface area (Å²) >= 11 is 3.81. The van der Waals surface area contributed by atoms with Crippen LogP contribution in [0.3, 0.4) is 0 Å². The van der Waals surface area contributed by atoms with Crippen molar-refractivity contribution >= 4 is 67.1 Å². The third-order valence-corrected chi connectivity index (χ3v) is 13.3. The van der Waals surface area contributed by atoms with Gasteiger partial charge >= 0.3 is 0 Å². The summed E-state index contributed by atoms with van der Waals surface area (Å²) in [6, 6.07) is 54.1. The molecule has 232 valence electrons. The Kier molecular flexibility index (Phi) is 5.63. The Labute approximate surface area is 293 Å². The van der Waals surface area contributed by atoms with Crippen LogP contribution in [-0.2, 0) is 5.41 Å². The van der Waals surface area contributed by atoms with Gasteiger partial charge in [-0.1, -0.05) is 116 Å². The largest absolute Gasteiger partial charge is 0.309 e. The van der Waals surface area contributed by atoms with E-state index in [2.05, 4.69) is 169 Å². The fourth-order valence-corrected chi connectivity index (χ4v) is 10.9. The molecule has 0 N–H and O–H groups in total. The predicted molar refractivity (Wildman–Crippen MR) is 207 cm³/mol. The lowest BCUT2D eigenvalue weighted by Gasteiger charge is -2.22. The summed E-state index contributed by atoms with van der Waals surface area (Å²) in [6.45, 7) is 4.76. The first kappa shape index (κ1) is 27.8. The molecule has 0 bridgehead atoms. The molecule has 7 aromatic carbocycles. The summed E-state index contributed by atoms with van der Waals surface area (Å²) < 4.78 is 4.97. The second kappa shape index (κ2) is 9.94. The molecule has 0 spiro atoms. The average molecular weight is 663 g/mol. The molecule has 1 aliphatic heterocycles. The van der Waals surface area contributed by atoms with E-state index < -0.39 is 0 Å². The van der Waals surface area contributed by atoms with Gasteiger partial charge in [-0.05, 0) is 89.0 Å². The number of fused-ring (bicyclic) bond motifs is 12. The first-order chi connectivity index (χ1) is 24.1. The van der Waals surface area contributed by atoms with Gasteiger partial charge in [0.1, 0.15) is 0 Å². The molecule has 9 aromatic rings. The zero-order valence-electron chi connectivity index (χ0n) is 27.1. The van der Waals surface area contributed by atoms with Crippen LogP contribution in [0.5, 0.6) is 0 Å². The SMILES string of the molecule is CC1(C)c2ccccc2-c2cc3c4ccc5c(c4n(-c4ccc6c(c4)c4ccccc4n6-c4ccccc4)c3cc21)Sc1ccccc1S5. The molecular weight excluding hydrogens is 633 g/mol. The van der Waals surface area contributed by atoms with Gasteiger partial charge in [-0.15, -0.1) is 0 Å². The second-order valence-corrected chi connectivity index (χ2v) is 15.9. The van der Waals surface area contributed by atoms with Crippen LogP contribution < -0.4 is 0 Å². The van der Waals surface area contributed by atoms with E-state index in [0.29, 0.717) is 0 Å². The van der Waals surface area contributed by atoms with E-state index in [9.17, 15) is 0 Å². The summed E-state index contributed by atoms with van der Waals surface area (Å²) in [5.74, 6) is 0. The monoisotopic (exact) mass is 662 g/mol. The molecule has 3 heterocycles. The van der Waals surface area contributed by atoms with E-state index in [1.165, 1.54) is 96.8 Å². The molecule has 0 saturated heterocycles. The molecule has 0 amide bonds. The van der Waals surface area contributed by atoms with Gasteiger partial charge in [0.05, 0.1) is 27.0 Å². The van der Waals surface area contributed by atoms with Gasteiger partial charge in [-0.25, -0.2) is 0 Å². The van der Waals surface area contributed by atoms with E-state index in [0.717, 1.165) is 0 Å². The highest BCUT2D eigenvalue weighted by molar-refractivity contribution is 8.05. The van der Waals surface area contributed by atoms with Crippen LogP contribution >= 0.6 is 23.5 Å². The van der Waals surface area contributed by atoms with E-state index >= 15 is 0 Å². The number of aromatic nitrogens is 2. The lowest BCUT2D eigenvalue weighted by molar-refractivity contribution is 0.661. The van der Waals surface area contributed by atoms with Gasteiger partial charge in [0, 0.05) is 53.0 Å². The van der Waals surface area contributed by atoms with E-state index in [4.69, 9.17) is 0 Å². The molecule has 1 aliphatic carbocycles. The summed E-state index contributed by atoms with van der Waals surface area (Å²) in [6.07, 6.45) is 0. The molecule has 2 aromatic heterocycles. The second-order valence-electron chi connectivity index (χ2n) is 13.8. The maximum atomic E-state index is 2.57. The van der Waals surface area contributed by atoms with Crippen molar-refractivity contribution in [3.8, 4) is 22.5 Å². The van der Waals surface area contributed by atoms with Crippen LogP contribution in [0.4, 0.5) is 0 Å². The highest BCUT2D eigenvalue weighted by atomic mass is 32.2. The molecule has 49 heavy (non-hydrogen) atoms. The van der Waals surface area contributed by atoms with Crippen molar-refractivity contribution < 1.29 is 0 Å². The first-order valence-corrected chi connectivity index (χ1v) is 18.5. The summed E-state index contributed by atoms with van der Waals surface area (Å²) in [5, 5.41) is 5.14. The van der Waals surface area contributed by atoms with Crippen molar-refractivity contribution in [1.29, 1.82) is 0 Å². The summed E-state index contributed by atoms with van der Waals surface area (Å²) in [5.41, 5.74) is 12.8. The van der Waals surface area contributed by atoms with E-state index in [1.807, 2.05) is 23.5 Å². The molecule has 0 atom stereocenters. The summed E-state index contributed by atoms with van der Waals surface area (Å²) in [4.78, 5) is 5.31. The van der Waals surface area contributed by atoms with Crippen LogP contribution in [0.15, 0.2) is 165 Å². The Morgan fingerprint density at radius 2 is 1.14 bits per heavy atom. The Morgan fingerprint density at radius 3 is 2.02 bits per heavy atom. The number of hydrogen-bond donors (Lipinski definition) is 0. The molecule has 0 radical (unpaired) electrons. The average Bonchev–Trinajstić information content (AvgIpc) is 3.73. The minimum Gasteiger partial charge on any atom is -0.309 e. The molecule has 11 rings (SSSR count). The first-order valence-electron chi connectivity index (χ1n) is 16.9. The van der Waals surface area contributed by atoms with Gasteiger partial charge < -0.3 is 9.13 Å². The lowest BCUT2D eigenvalue weighted by Crippen LogP contribution is -2.15. The third kappa shape index (κ3) is 3.76. The number of benzene rings is 7. The number of para-hydroxylation sites is 2. The third-order valence-electron chi connectivity index (χ3n) is 10.8. The topological polar surface area (TPSA) is 9.86 Å². The van der Waals surface area contributed by atoms with Crippen LogP contribution in [-0.4, -0.2) is 9.13 Å². The van der Waals surface area contributed by atoms with Crippen LogP contribution in [0.2, 0.25) is 0 Å². The van der Waals surface area contributed by atoms with Gasteiger partial charge in [0.2, 0.25) is 0 Å². The molecule has 4 heteroatoms. The highest BCUT2D eigenvalue weighted by Crippen LogP contribution is 2.55. The van der Waals surface area contributed by atoms with Gasteiger partial charge in [-0.2, -0.15) is 0 Å². The molecule has 2 aliphatic rings. The molecule has 0 fully saturated rings. The number of hydrogen-bond acceptors (Lipinski definition) is 2. The Hall–Kier alpha value is -5.16. The van der Waals surface area contributed by atoms with Crippen LogP contribution in [0.1, 0.15) is 25.0 Å². The minimum absolute atomic E-state index is 0.0859. The zero-order chi connectivity index (χ0) is 32.4.